The zero-order chi connectivity index (χ0) is 21.1. The summed E-state index contributed by atoms with van der Waals surface area (Å²) in [6.07, 6.45) is -1.52. The fourth-order valence-electron chi connectivity index (χ4n) is 3.37. The predicted octanol–water partition coefficient (Wildman–Crippen LogP) is 3.69. The number of halogens is 1. The standard InChI is InChI=1S/C19H16BrN5O4S/c20-11-6-14(12(7-21)23-8-11)30-19-16(26)15(24-25-22)17-13(28-19)9-27-18(29-17)10-4-2-1-3-5-10/h1-6,8,13,15-19,26H,9H2/t13-,15-,16-,17+,18?,19-/m1/s1. The molecule has 2 aliphatic rings. The topological polar surface area (TPSA) is 133 Å². The van der Waals surface area contributed by atoms with Crippen molar-refractivity contribution >= 4 is 27.7 Å². The summed E-state index contributed by atoms with van der Waals surface area (Å²) in [6, 6.07) is 12.2. The molecule has 1 aromatic heterocycles. The monoisotopic (exact) mass is 489 g/mol. The molecule has 1 aromatic carbocycles. The van der Waals surface area contributed by atoms with Crippen molar-refractivity contribution in [3.05, 3.63) is 68.8 Å². The molecule has 0 spiro atoms. The van der Waals surface area contributed by atoms with Gasteiger partial charge in [-0.25, -0.2) is 4.98 Å². The number of nitrogens with zero attached hydrogens (tertiary/aromatic N) is 5. The molecule has 1 N–H and O–H groups in total. The van der Waals surface area contributed by atoms with E-state index in [-0.39, 0.29) is 12.3 Å². The average Bonchev–Trinajstić information content (AvgIpc) is 2.77. The Kier molecular flexibility index (Phi) is 6.55. The lowest BCUT2D eigenvalue weighted by atomic mass is 9.97. The highest BCUT2D eigenvalue weighted by atomic mass is 79.9. The molecule has 6 atom stereocenters. The molecule has 1 unspecified atom stereocenters. The van der Waals surface area contributed by atoms with E-state index in [1.807, 2.05) is 36.4 Å². The van der Waals surface area contributed by atoms with Gasteiger partial charge in [-0.1, -0.05) is 47.2 Å². The van der Waals surface area contributed by atoms with Gasteiger partial charge in [-0.3, -0.25) is 0 Å². The van der Waals surface area contributed by atoms with Crippen LogP contribution in [-0.4, -0.2) is 46.5 Å². The number of fused-ring (bicyclic) bond motifs is 1. The number of ether oxygens (including phenoxy) is 3. The Bertz CT molecular complexity index is 1000. The number of benzene rings is 1. The van der Waals surface area contributed by atoms with E-state index in [0.29, 0.717) is 9.37 Å². The first-order valence-corrected chi connectivity index (χ1v) is 10.7. The smallest absolute Gasteiger partial charge is 0.184 e. The third kappa shape index (κ3) is 4.31. The summed E-state index contributed by atoms with van der Waals surface area (Å²) in [5.41, 5.74) is 9.29. The number of aliphatic hydroxyl groups excluding tert-OH is 1. The minimum atomic E-state index is -1.16. The van der Waals surface area contributed by atoms with Gasteiger partial charge in [-0.05, 0) is 27.5 Å². The number of hydrogen-bond donors (Lipinski definition) is 1. The first kappa shape index (κ1) is 21.1. The van der Waals surface area contributed by atoms with Crippen molar-refractivity contribution in [2.75, 3.05) is 6.61 Å². The number of hydrogen-bond acceptors (Lipinski definition) is 8. The highest BCUT2D eigenvalue weighted by Gasteiger charge is 2.49. The van der Waals surface area contributed by atoms with E-state index < -0.39 is 36.1 Å². The van der Waals surface area contributed by atoms with Crippen molar-refractivity contribution < 1.29 is 19.3 Å². The second-order valence-corrected chi connectivity index (χ2v) is 8.69. The van der Waals surface area contributed by atoms with E-state index >= 15 is 0 Å². The third-order valence-corrected chi connectivity index (χ3v) is 6.38. The lowest BCUT2D eigenvalue weighted by molar-refractivity contribution is -0.297. The Morgan fingerprint density at radius 1 is 1.33 bits per heavy atom. The first-order chi connectivity index (χ1) is 14.6. The second kappa shape index (κ2) is 9.32. The molecule has 4 rings (SSSR count). The van der Waals surface area contributed by atoms with Gasteiger partial charge >= 0.3 is 0 Å². The number of nitriles is 1. The lowest BCUT2D eigenvalue weighted by Gasteiger charge is -2.46. The average molecular weight is 490 g/mol. The summed E-state index contributed by atoms with van der Waals surface area (Å²) in [6.45, 7) is 0.202. The number of aliphatic hydroxyl groups is 1. The number of azide groups is 1. The van der Waals surface area contributed by atoms with Crippen molar-refractivity contribution in [3.63, 3.8) is 0 Å². The van der Waals surface area contributed by atoms with Gasteiger partial charge in [0.2, 0.25) is 0 Å². The molecule has 30 heavy (non-hydrogen) atoms. The highest BCUT2D eigenvalue weighted by molar-refractivity contribution is 9.10. The van der Waals surface area contributed by atoms with Gasteiger partial charge in [0.25, 0.3) is 0 Å². The van der Waals surface area contributed by atoms with Crippen LogP contribution in [0.1, 0.15) is 17.5 Å². The summed E-state index contributed by atoms with van der Waals surface area (Å²) >= 11 is 4.47. The molecule has 2 aromatic rings. The zero-order valence-corrected chi connectivity index (χ0v) is 17.8. The summed E-state index contributed by atoms with van der Waals surface area (Å²) in [5, 5.41) is 24.0. The van der Waals surface area contributed by atoms with Crippen LogP contribution in [0.5, 0.6) is 0 Å². The van der Waals surface area contributed by atoms with Crippen LogP contribution in [0.2, 0.25) is 0 Å². The summed E-state index contributed by atoms with van der Waals surface area (Å²) in [5.74, 6) is 0. The van der Waals surface area contributed by atoms with Crippen LogP contribution in [0.25, 0.3) is 10.4 Å². The SMILES string of the molecule is N#Cc1ncc(Br)cc1S[C@H]1O[C@@H]2COC(c3ccccc3)O[C@@H]2[C@H](N=[N+]=[N-])[C@H]1O. The molecule has 0 aliphatic carbocycles. The van der Waals surface area contributed by atoms with E-state index in [1.54, 1.807) is 6.07 Å². The Morgan fingerprint density at radius 2 is 2.13 bits per heavy atom. The largest absolute Gasteiger partial charge is 0.389 e. The van der Waals surface area contributed by atoms with E-state index in [1.165, 1.54) is 6.20 Å². The molecule has 0 bridgehead atoms. The minimum absolute atomic E-state index is 0.202. The minimum Gasteiger partial charge on any atom is -0.389 e. The van der Waals surface area contributed by atoms with Crippen molar-refractivity contribution in [1.82, 2.24) is 4.98 Å². The number of thioether (sulfide) groups is 1. The fourth-order valence-corrected chi connectivity index (χ4v) is 5.00. The van der Waals surface area contributed by atoms with Crippen LogP contribution < -0.4 is 0 Å². The molecule has 9 nitrogen and oxygen atoms in total. The van der Waals surface area contributed by atoms with Crippen LogP contribution in [0, 0.1) is 11.3 Å². The van der Waals surface area contributed by atoms with E-state index in [9.17, 15) is 10.4 Å². The quantitative estimate of drug-likeness (QED) is 0.393. The predicted molar refractivity (Wildman–Crippen MR) is 110 cm³/mol. The Morgan fingerprint density at radius 3 is 2.87 bits per heavy atom. The molecule has 0 radical (unpaired) electrons. The van der Waals surface area contributed by atoms with Gasteiger partial charge in [-0.15, -0.1) is 0 Å². The Labute approximate surface area is 184 Å². The zero-order valence-electron chi connectivity index (χ0n) is 15.4. The van der Waals surface area contributed by atoms with E-state index in [0.717, 1.165) is 17.3 Å². The third-order valence-electron chi connectivity index (χ3n) is 4.76. The molecule has 2 saturated heterocycles. The fraction of sp³-hybridized carbons (Fsp3) is 0.368. The van der Waals surface area contributed by atoms with Gasteiger partial charge in [0.15, 0.2) is 12.0 Å². The van der Waals surface area contributed by atoms with Crippen molar-refractivity contribution in [2.45, 2.75) is 41.0 Å². The summed E-state index contributed by atoms with van der Waals surface area (Å²) in [4.78, 5) is 7.50. The lowest BCUT2D eigenvalue weighted by Crippen LogP contribution is -2.60. The molecule has 0 saturated carbocycles. The van der Waals surface area contributed by atoms with Gasteiger partial charge in [0, 0.05) is 26.0 Å². The molecule has 11 heteroatoms. The molecule has 154 valence electrons. The van der Waals surface area contributed by atoms with Crippen molar-refractivity contribution in [3.8, 4) is 6.07 Å². The Balaban J connectivity index is 1.57. The maximum Gasteiger partial charge on any atom is 0.184 e. The maximum absolute atomic E-state index is 10.9. The molecule has 3 heterocycles. The van der Waals surface area contributed by atoms with Gasteiger partial charge in [-0.2, -0.15) is 5.26 Å². The van der Waals surface area contributed by atoms with Crippen LogP contribution in [0.4, 0.5) is 0 Å². The highest BCUT2D eigenvalue weighted by Crippen LogP contribution is 2.40. The molecular weight excluding hydrogens is 474 g/mol. The molecular formula is C19H16BrN5O4S. The van der Waals surface area contributed by atoms with Gasteiger partial charge < -0.3 is 19.3 Å². The normalized spacial score (nSPS) is 30.6. The van der Waals surface area contributed by atoms with Crippen molar-refractivity contribution in [1.29, 1.82) is 5.26 Å². The molecule has 2 aliphatic heterocycles. The van der Waals surface area contributed by atoms with E-state index in [2.05, 4.69) is 30.9 Å². The first-order valence-electron chi connectivity index (χ1n) is 9.02. The van der Waals surface area contributed by atoms with Gasteiger partial charge in [0.1, 0.15) is 29.8 Å². The van der Waals surface area contributed by atoms with Crippen LogP contribution in [-0.2, 0) is 14.2 Å². The Hall–Kier alpha value is -2.16. The number of pyridine rings is 1. The van der Waals surface area contributed by atoms with E-state index in [4.69, 9.17) is 19.7 Å². The molecule has 2 fully saturated rings. The van der Waals surface area contributed by atoms with Crippen LogP contribution in [0.15, 0.2) is 57.1 Å². The number of rotatable bonds is 4. The summed E-state index contributed by atoms with van der Waals surface area (Å²) < 4.78 is 18.6. The molecule has 0 amide bonds. The van der Waals surface area contributed by atoms with Crippen molar-refractivity contribution in [2.24, 2.45) is 5.11 Å². The summed E-state index contributed by atoms with van der Waals surface area (Å²) in [7, 11) is 0. The van der Waals surface area contributed by atoms with Gasteiger partial charge in [0.05, 0.1) is 12.6 Å². The second-order valence-electron chi connectivity index (χ2n) is 6.64. The maximum atomic E-state index is 10.9. The van der Waals surface area contributed by atoms with Crippen LogP contribution in [0.3, 0.4) is 0 Å². The number of aromatic nitrogens is 1. The van der Waals surface area contributed by atoms with Crippen LogP contribution >= 0.6 is 27.7 Å².